The number of thiocarbonyl (C=S) groups is 1. The molecule has 3 nitrogen and oxygen atoms in total. The average Bonchev–Trinajstić information content (AvgIpc) is 1.87. The second-order valence-electron chi connectivity index (χ2n) is 2.37. The SMILES string of the molecule is CN1CCNCC1.NC(=S)[S-].[Na+]. The quantitative estimate of drug-likeness (QED) is 0.247. The first kappa shape index (κ1) is 15.5. The van der Waals surface area contributed by atoms with Gasteiger partial charge in [0.2, 0.25) is 0 Å². The molecule has 0 aromatic heterocycles. The van der Waals surface area contributed by atoms with Crippen LogP contribution >= 0.6 is 12.2 Å². The summed E-state index contributed by atoms with van der Waals surface area (Å²) in [5.41, 5.74) is 4.66. The molecule has 3 N–H and O–H groups in total. The number of hydrogen-bond acceptors (Lipinski definition) is 4. The Hall–Kier alpha value is 1.03. The summed E-state index contributed by atoms with van der Waals surface area (Å²) in [5, 5.41) is 3.27. The van der Waals surface area contributed by atoms with Gasteiger partial charge >= 0.3 is 29.6 Å². The molecule has 12 heavy (non-hydrogen) atoms. The van der Waals surface area contributed by atoms with Gasteiger partial charge < -0.3 is 40.8 Å². The molecule has 1 rings (SSSR count). The third-order valence-electron chi connectivity index (χ3n) is 1.34. The fourth-order valence-corrected chi connectivity index (χ4v) is 0.777. The van der Waals surface area contributed by atoms with Gasteiger partial charge in [-0.05, 0) is 7.05 Å². The molecule has 0 bridgehead atoms. The van der Waals surface area contributed by atoms with Crippen LogP contribution in [0.5, 0.6) is 0 Å². The number of piperazine rings is 1. The van der Waals surface area contributed by atoms with Gasteiger partial charge in [0.15, 0.2) is 0 Å². The zero-order chi connectivity index (χ0) is 8.69. The number of likely N-dealkylation sites (N-methyl/N-ethyl adjacent to an activating group) is 1. The van der Waals surface area contributed by atoms with Crippen molar-refractivity contribution in [2.75, 3.05) is 33.2 Å². The van der Waals surface area contributed by atoms with E-state index in [-0.39, 0.29) is 33.9 Å². The van der Waals surface area contributed by atoms with Crippen LogP contribution in [0.15, 0.2) is 0 Å². The van der Waals surface area contributed by atoms with E-state index < -0.39 is 0 Å². The maximum absolute atomic E-state index is 4.66. The molecule has 0 aliphatic carbocycles. The van der Waals surface area contributed by atoms with Crippen LogP contribution in [0.4, 0.5) is 0 Å². The van der Waals surface area contributed by atoms with Crippen LogP contribution in [-0.2, 0) is 12.6 Å². The molecule has 0 saturated carbocycles. The fourth-order valence-electron chi connectivity index (χ4n) is 0.777. The zero-order valence-corrected chi connectivity index (χ0v) is 11.3. The standard InChI is InChI=1S/C5H12N2.CH3NS2.Na/c1-7-4-2-6-3-5-7;2-1(3)4;/h6H,2-5H2,1H3;(H3,2,3,4);/q;;+1/p-1. The molecule has 0 radical (unpaired) electrons. The Bertz CT molecular complexity index is 113. The van der Waals surface area contributed by atoms with Gasteiger partial charge in [-0.1, -0.05) is 4.32 Å². The Kier molecular flexibility index (Phi) is 13.1. The second kappa shape index (κ2) is 10.1. The van der Waals surface area contributed by atoms with Gasteiger partial charge in [-0.2, -0.15) is 0 Å². The normalized spacial score (nSPS) is 16.8. The Morgan fingerprint density at radius 3 is 2.00 bits per heavy atom. The van der Waals surface area contributed by atoms with E-state index in [4.69, 9.17) is 0 Å². The summed E-state index contributed by atoms with van der Waals surface area (Å²) in [7, 11) is 2.15. The van der Waals surface area contributed by atoms with E-state index in [0.29, 0.717) is 0 Å². The van der Waals surface area contributed by atoms with Crippen molar-refractivity contribution in [2.24, 2.45) is 5.73 Å². The number of rotatable bonds is 0. The van der Waals surface area contributed by atoms with Crippen molar-refractivity contribution in [1.29, 1.82) is 0 Å². The van der Waals surface area contributed by atoms with Gasteiger partial charge in [0.05, 0.1) is 0 Å². The molecule has 66 valence electrons. The molecule has 1 aliphatic rings. The van der Waals surface area contributed by atoms with Crippen molar-refractivity contribution in [3.05, 3.63) is 0 Å². The minimum atomic E-state index is 0. The third kappa shape index (κ3) is 13.6. The summed E-state index contributed by atoms with van der Waals surface area (Å²) >= 11 is 8.26. The van der Waals surface area contributed by atoms with E-state index in [1.54, 1.807) is 0 Å². The van der Waals surface area contributed by atoms with E-state index in [1.807, 2.05) is 0 Å². The summed E-state index contributed by atoms with van der Waals surface area (Å²) in [5.74, 6) is 0. The van der Waals surface area contributed by atoms with Crippen molar-refractivity contribution in [3.63, 3.8) is 0 Å². The molecule has 1 heterocycles. The Labute approximate surface area is 107 Å². The van der Waals surface area contributed by atoms with E-state index in [1.165, 1.54) is 13.1 Å². The van der Waals surface area contributed by atoms with Gasteiger partial charge in [-0.15, -0.1) is 0 Å². The molecule has 1 aliphatic heterocycles. The van der Waals surface area contributed by atoms with Crippen molar-refractivity contribution >= 4 is 29.2 Å². The smallest absolute Gasteiger partial charge is 0.415 e. The average molecular weight is 215 g/mol. The third-order valence-corrected chi connectivity index (χ3v) is 1.34. The molecule has 0 amide bonds. The number of hydrogen-bond donors (Lipinski definition) is 2. The van der Waals surface area contributed by atoms with Gasteiger partial charge in [0.25, 0.3) is 0 Å². The van der Waals surface area contributed by atoms with Crippen LogP contribution in [0.2, 0.25) is 0 Å². The number of nitrogens with two attached hydrogens (primary N) is 1. The van der Waals surface area contributed by atoms with Crippen molar-refractivity contribution in [1.82, 2.24) is 10.2 Å². The molecule has 0 aromatic rings. The second-order valence-corrected chi connectivity index (χ2v) is 3.51. The van der Waals surface area contributed by atoms with Crippen LogP contribution in [0.1, 0.15) is 0 Å². The summed E-state index contributed by atoms with van der Waals surface area (Å²) in [6.45, 7) is 4.74. The van der Waals surface area contributed by atoms with Crippen LogP contribution in [-0.4, -0.2) is 42.4 Å². The van der Waals surface area contributed by atoms with E-state index in [2.05, 4.69) is 47.8 Å². The molecule has 0 aromatic carbocycles. The molecule has 1 saturated heterocycles. The predicted octanol–water partition coefficient (Wildman–Crippen LogP) is -3.70. The van der Waals surface area contributed by atoms with Gasteiger partial charge in [-0.25, -0.2) is 0 Å². The molecule has 6 heteroatoms. The summed E-state index contributed by atoms with van der Waals surface area (Å²) in [6.07, 6.45) is 0. The minimum absolute atomic E-state index is 0. The van der Waals surface area contributed by atoms with Crippen molar-refractivity contribution in [2.45, 2.75) is 0 Å². The number of nitrogens with one attached hydrogen (secondary N) is 1. The predicted molar refractivity (Wildman–Crippen MR) is 54.5 cm³/mol. The van der Waals surface area contributed by atoms with E-state index in [9.17, 15) is 0 Å². The first-order valence-electron chi connectivity index (χ1n) is 3.48. The summed E-state index contributed by atoms with van der Waals surface area (Å²) in [4.78, 5) is 2.33. The first-order chi connectivity index (χ1) is 5.13. The molecule has 0 atom stereocenters. The zero-order valence-electron chi connectivity index (χ0n) is 7.67. The van der Waals surface area contributed by atoms with Gasteiger partial charge in [0.1, 0.15) is 0 Å². The van der Waals surface area contributed by atoms with Gasteiger partial charge in [0, 0.05) is 26.2 Å². The number of nitrogens with zero attached hydrogens (tertiary/aromatic N) is 1. The fraction of sp³-hybridized carbons (Fsp3) is 0.833. The van der Waals surface area contributed by atoms with Gasteiger partial charge in [-0.3, -0.25) is 0 Å². The van der Waals surface area contributed by atoms with E-state index in [0.717, 1.165) is 13.1 Å². The molecule has 0 spiro atoms. The van der Waals surface area contributed by atoms with Crippen LogP contribution < -0.4 is 40.6 Å². The topological polar surface area (TPSA) is 41.3 Å². The molecular weight excluding hydrogens is 201 g/mol. The molecule has 1 fully saturated rings. The Morgan fingerprint density at radius 1 is 1.50 bits per heavy atom. The largest absolute Gasteiger partial charge is 1.00 e. The maximum Gasteiger partial charge on any atom is 1.00 e. The minimum Gasteiger partial charge on any atom is -0.415 e. The van der Waals surface area contributed by atoms with Crippen LogP contribution in [0.3, 0.4) is 0 Å². The van der Waals surface area contributed by atoms with Crippen LogP contribution in [0, 0.1) is 0 Å². The summed E-state index contributed by atoms with van der Waals surface area (Å²) < 4.78 is 0.0833. The monoisotopic (exact) mass is 215 g/mol. The Balaban J connectivity index is 0. The van der Waals surface area contributed by atoms with E-state index >= 15 is 0 Å². The maximum atomic E-state index is 4.66. The van der Waals surface area contributed by atoms with Crippen molar-refractivity contribution in [3.8, 4) is 0 Å². The van der Waals surface area contributed by atoms with Crippen LogP contribution in [0.25, 0.3) is 0 Å². The molecule has 0 unspecified atom stereocenters. The first-order valence-corrected chi connectivity index (χ1v) is 4.30. The van der Waals surface area contributed by atoms with Crippen molar-refractivity contribution < 1.29 is 29.6 Å². The molecular formula is C6H14N3NaS2. The summed E-state index contributed by atoms with van der Waals surface area (Å²) in [6, 6.07) is 0. The Morgan fingerprint density at radius 2 is 1.83 bits per heavy atom.